The number of hydrogen-bond donors (Lipinski definition) is 3. The second-order valence-electron chi connectivity index (χ2n) is 4.12. The molecule has 1 atom stereocenters. The van der Waals surface area contributed by atoms with Gasteiger partial charge >= 0.3 is 0 Å². The lowest BCUT2D eigenvalue weighted by Crippen LogP contribution is -2.42. The fourth-order valence-electron chi connectivity index (χ4n) is 1.71. The third kappa shape index (κ3) is 4.94. The van der Waals surface area contributed by atoms with Crippen LogP contribution in [-0.4, -0.2) is 36.3 Å². The molecule has 0 aliphatic heterocycles. The topological polar surface area (TPSA) is 115 Å². The highest BCUT2D eigenvalue weighted by molar-refractivity contribution is 5.79. The quantitative estimate of drug-likeness (QED) is 0.573. The van der Waals surface area contributed by atoms with Crippen LogP contribution in [0.15, 0.2) is 30.3 Å². The smallest absolute Gasteiger partial charge is 0.231 e. The maximum atomic E-state index is 10.9. The van der Waals surface area contributed by atoms with Crippen LogP contribution < -0.4 is 17.2 Å². The highest BCUT2D eigenvalue weighted by Gasteiger charge is 2.15. The standard InChI is InChI=1S/C12H18N4O2/c13-10(9-4-2-1-3-5-9)6-16(7-11(14)17)8-12(15)18/h1-5,10H,6-8,13H2,(H2,14,17)(H2,15,18). The van der Waals surface area contributed by atoms with Crippen molar-refractivity contribution in [3.05, 3.63) is 35.9 Å². The van der Waals surface area contributed by atoms with Gasteiger partial charge in [0.05, 0.1) is 13.1 Å². The Morgan fingerprint density at radius 3 is 2.00 bits per heavy atom. The monoisotopic (exact) mass is 250 g/mol. The van der Waals surface area contributed by atoms with Crippen molar-refractivity contribution >= 4 is 11.8 Å². The molecule has 98 valence electrons. The molecule has 6 nitrogen and oxygen atoms in total. The van der Waals surface area contributed by atoms with Crippen LogP contribution in [0.3, 0.4) is 0 Å². The van der Waals surface area contributed by atoms with Crippen LogP contribution in [0.4, 0.5) is 0 Å². The number of carbonyl (C=O) groups excluding carboxylic acids is 2. The summed E-state index contributed by atoms with van der Waals surface area (Å²) in [6, 6.07) is 9.11. The van der Waals surface area contributed by atoms with Gasteiger partial charge in [-0.05, 0) is 5.56 Å². The first kappa shape index (κ1) is 14.1. The average molecular weight is 250 g/mol. The molecule has 6 heteroatoms. The molecule has 2 amide bonds. The van der Waals surface area contributed by atoms with Crippen LogP contribution in [0.1, 0.15) is 11.6 Å². The number of amides is 2. The summed E-state index contributed by atoms with van der Waals surface area (Å²) in [6.45, 7) is 0.267. The van der Waals surface area contributed by atoms with Crippen LogP contribution in [0.2, 0.25) is 0 Å². The molecule has 1 unspecified atom stereocenters. The van der Waals surface area contributed by atoms with Gasteiger partial charge in [-0.3, -0.25) is 14.5 Å². The SMILES string of the molecule is NC(=O)CN(CC(N)=O)CC(N)c1ccccc1. The third-order valence-electron chi connectivity index (χ3n) is 2.44. The number of nitrogens with zero attached hydrogens (tertiary/aromatic N) is 1. The lowest BCUT2D eigenvalue weighted by molar-refractivity contribution is -0.122. The van der Waals surface area contributed by atoms with Crippen LogP contribution in [0, 0.1) is 0 Å². The zero-order valence-corrected chi connectivity index (χ0v) is 10.1. The minimum atomic E-state index is -0.517. The molecule has 0 fully saturated rings. The van der Waals surface area contributed by atoms with E-state index in [4.69, 9.17) is 17.2 Å². The molecule has 0 aliphatic carbocycles. The third-order valence-corrected chi connectivity index (χ3v) is 2.44. The Labute approximate surface area is 106 Å². The van der Waals surface area contributed by atoms with Gasteiger partial charge in [-0.15, -0.1) is 0 Å². The van der Waals surface area contributed by atoms with E-state index < -0.39 is 11.8 Å². The van der Waals surface area contributed by atoms with Crippen molar-refractivity contribution in [1.29, 1.82) is 0 Å². The Bertz CT molecular complexity index is 392. The first-order valence-electron chi connectivity index (χ1n) is 5.58. The molecule has 1 aromatic carbocycles. The highest BCUT2D eigenvalue weighted by atomic mass is 16.2. The Hall–Kier alpha value is -1.92. The fourth-order valence-corrected chi connectivity index (χ4v) is 1.71. The van der Waals surface area contributed by atoms with Crippen LogP contribution in [0.5, 0.6) is 0 Å². The zero-order valence-electron chi connectivity index (χ0n) is 10.1. The summed E-state index contributed by atoms with van der Waals surface area (Å²) in [6.07, 6.45) is 0. The van der Waals surface area contributed by atoms with Crippen molar-refractivity contribution in [2.24, 2.45) is 17.2 Å². The van der Waals surface area contributed by atoms with Gasteiger partial charge in [0.2, 0.25) is 11.8 Å². The Morgan fingerprint density at radius 1 is 1.06 bits per heavy atom. The van der Waals surface area contributed by atoms with Crippen molar-refractivity contribution in [3.63, 3.8) is 0 Å². The number of rotatable bonds is 7. The number of primary amides is 2. The van der Waals surface area contributed by atoms with Crippen LogP contribution in [-0.2, 0) is 9.59 Å². The van der Waals surface area contributed by atoms with E-state index in [0.29, 0.717) is 6.54 Å². The number of benzene rings is 1. The van der Waals surface area contributed by atoms with Gasteiger partial charge in [0.1, 0.15) is 0 Å². The first-order valence-corrected chi connectivity index (χ1v) is 5.58. The summed E-state index contributed by atoms with van der Waals surface area (Å²) in [5.74, 6) is -1.03. The maximum absolute atomic E-state index is 10.9. The lowest BCUT2D eigenvalue weighted by atomic mass is 10.1. The summed E-state index contributed by atoms with van der Waals surface area (Å²) < 4.78 is 0. The van der Waals surface area contributed by atoms with Crippen LogP contribution >= 0.6 is 0 Å². The average Bonchev–Trinajstić information content (AvgIpc) is 2.28. The second-order valence-corrected chi connectivity index (χ2v) is 4.12. The van der Waals surface area contributed by atoms with Crippen molar-refractivity contribution in [2.45, 2.75) is 6.04 Å². The highest BCUT2D eigenvalue weighted by Crippen LogP contribution is 2.10. The van der Waals surface area contributed by atoms with Gasteiger partial charge in [-0.1, -0.05) is 30.3 Å². The van der Waals surface area contributed by atoms with E-state index >= 15 is 0 Å². The summed E-state index contributed by atoms with van der Waals surface area (Å²) in [5.41, 5.74) is 17.1. The number of nitrogens with two attached hydrogens (primary N) is 3. The Morgan fingerprint density at radius 2 is 1.56 bits per heavy atom. The first-order chi connectivity index (χ1) is 8.49. The van der Waals surface area contributed by atoms with Gasteiger partial charge in [0.25, 0.3) is 0 Å². The lowest BCUT2D eigenvalue weighted by Gasteiger charge is -2.23. The molecule has 6 N–H and O–H groups in total. The molecule has 0 bridgehead atoms. The van der Waals surface area contributed by atoms with Gasteiger partial charge in [-0.2, -0.15) is 0 Å². The Balaban J connectivity index is 2.64. The minimum absolute atomic E-state index is 0.0382. The summed E-state index contributed by atoms with van der Waals surface area (Å²) in [7, 11) is 0. The molecule has 18 heavy (non-hydrogen) atoms. The summed E-state index contributed by atoms with van der Waals surface area (Å²) >= 11 is 0. The van der Waals surface area contributed by atoms with Gasteiger partial charge in [-0.25, -0.2) is 0 Å². The van der Waals surface area contributed by atoms with Gasteiger partial charge < -0.3 is 17.2 Å². The number of carbonyl (C=O) groups is 2. The molecule has 1 aromatic rings. The molecular formula is C12H18N4O2. The molecular weight excluding hydrogens is 232 g/mol. The molecule has 0 heterocycles. The van der Waals surface area contributed by atoms with E-state index in [1.54, 1.807) is 4.90 Å². The number of hydrogen-bond acceptors (Lipinski definition) is 4. The van der Waals surface area contributed by atoms with Crippen molar-refractivity contribution in [2.75, 3.05) is 19.6 Å². The van der Waals surface area contributed by atoms with E-state index in [1.807, 2.05) is 30.3 Å². The van der Waals surface area contributed by atoms with E-state index in [-0.39, 0.29) is 19.1 Å². The molecule has 0 saturated heterocycles. The molecule has 0 radical (unpaired) electrons. The normalized spacial score (nSPS) is 12.3. The van der Waals surface area contributed by atoms with E-state index in [9.17, 15) is 9.59 Å². The maximum Gasteiger partial charge on any atom is 0.231 e. The van der Waals surface area contributed by atoms with Gasteiger partial charge in [0.15, 0.2) is 0 Å². The zero-order chi connectivity index (χ0) is 13.5. The minimum Gasteiger partial charge on any atom is -0.369 e. The van der Waals surface area contributed by atoms with Crippen molar-refractivity contribution in [1.82, 2.24) is 4.90 Å². The molecule has 0 aliphatic rings. The van der Waals surface area contributed by atoms with E-state index in [1.165, 1.54) is 0 Å². The van der Waals surface area contributed by atoms with E-state index in [2.05, 4.69) is 0 Å². The van der Waals surface area contributed by atoms with Crippen molar-refractivity contribution in [3.8, 4) is 0 Å². The predicted molar refractivity (Wildman–Crippen MR) is 68.2 cm³/mol. The largest absolute Gasteiger partial charge is 0.369 e. The summed E-state index contributed by atoms with van der Waals surface area (Å²) in [5, 5.41) is 0. The van der Waals surface area contributed by atoms with Gasteiger partial charge in [0, 0.05) is 12.6 Å². The predicted octanol–water partition coefficient (Wildman–Crippen LogP) is -1.04. The molecule has 0 spiro atoms. The Kier molecular flexibility index (Phi) is 5.29. The van der Waals surface area contributed by atoms with E-state index in [0.717, 1.165) is 5.56 Å². The molecule has 0 aromatic heterocycles. The fraction of sp³-hybridized carbons (Fsp3) is 0.333. The van der Waals surface area contributed by atoms with Crippen LogP contribution in [0.25, 0.3) is 0 Å². The second kappa shape index (κ2) is 6.73. The molecule has 0 saturated carbocycles. The molecule has 1 rings (SSSR count). The summed E-state index contributed by atoms with van der Waals surface area (Å²) in [4.78, 5) is 23.3. The van der Waals surface area contributed by atoms with Crippen molar-refractivity contribution < 1.29 is 9.59 Å².